The monoisotopic (exact) mass is 365 g/mol. The van der Waals surface area contributed by atoms with Crippen LogP contribution in [-0.2, 0) is 13.1 Å². The van der Waals surface area contributed by atoms with Gasteiger partial charge in [0.05, 0.1) is 13.2 Å². The molecule has 3 rings (SSSR count). The Hall–Kier alpha value is -3.12. The van der Waals surface area contributed by atoms with Crippen molar-refractivity contribution in [1.29, 1.82) is 0 Å². The molecule has 6 heteroatoms. The third-order valence-corrected chi connectivity index (χ3v) is 4.38. The Morgan fingerprint density at radius 2 is 1.93 bits per heavy atom. The van der Waals surface area contributed by atoms with E-state index in [1.807, 2.05) is 55.5 Å². The molecular formula is C21H23N3O3. The number of nitrogens with one attached hydrogen (secondary N) is 2. The Balaban J connectivity index is 1.76. The van der Waals surface area contributed by atoms with Gasteiger partial charge in [-0.2, -0.15) is 0 Å². The Morgan fingerprint density at radius 1 is 1.15 bits per heavy atom. The van der Waals surface area contributed by atoms with Crippen molar-refractivity contribution in [1.82, 2.24) is 15.2 Å². The average Bonchev–Trinajstić information content (AvgIpc) is 2.67. The summed E-state index contributed by atoms with van der Waals surface area (Å²) in [5, 5.41) is 13.1. The smallest absolute Gasteiger partial charge is 0.318 e. The molecule has 27 heavy (non-hydrogen) atoms. The Labute approximate surface area is 157 Å². The van der Waals surface area contributed by atoms with E-state index in [1.165, 1.54) is 4.90 Å². The average molecular weight is 365 g/mol. The predicted molar refractivity (Wildman–Crippen MR) is 105 cm³/mol. The van der Waals surface area contributed by atoms with E-state index >= 15 is 0 Å². The molecule has 0 aliphatic carbocycles. The highest BCUT2D eigenvalue weighted by Gasteiger charge is 2.15. The van der Waals surface area contributed by atoms with E-state index in [9.17, 15) is 14.7 Å². The van der Waals surface area contributed by atoms with Gasteiger partial charge in [0.15, 0.2) is 0 Å². The van der Waals surface area contributed by atoms with Crippen LogP contribution in [-0.4, -0.2) is 34.2 Å². The topological polar surface area (TPSA) is 85.4 Å². The number of fused-ring (bicyclic) bond motifs is 1. The number of pyridine rings is 1. The molecule has 0 aliphatic rings. The molecule has 3 N–H and O–H groups in total. The SMILES string of the molecule is Cc1ccc2cc(CN(CCO)C(=O)NCc3ccccc3)c(=O)[nH]c2c1. The molecule has 2 amide bonds. The molecule has 2 aromatic carbocycles. The van der Waals surface area contributed by atoms with E-state index < -0.39 is 0 Å². The fourth-order valence-electron chi connectivity index (χ4n) is 2.94. The minimum Gasteiger partial charge on any atom is -0.395 e. The first kappa shape index (κ1) is 18.7. The summed E-state index contributed by atoms with van der Waals surface area (Å²) in [6, 6.07) is 16.9. The molecule has 0 fully saturated rings. The summed E-state index contributed by atoms with van der Waals surface area (Å²) in [4.78, 5) is 29.2. The molecule has 1 aromatic heterocycles. The molecule has 0 saturated heterocycles. The van der Waals surface area contributed by atoms with Gasteiger partial charge in [-0.15, -0.1) is 0 Å². The summed E-state index contributed by atoms with van der Waals surface area (Å²) in [6.07, 6.45) is 0. The Morgan fingerprint density at radius 3 is 2.67 bits per heavy atom. The Kier molecular flexibility index (Phi) is 5.88. The molecule has 6 nitrogen and oxygen atoms in total. The van der Waals surface area contributed by atoms with Crippen molar-refractivity contribution in [3.05, 3.63) is 81.6 Å². The first-order valence-corrected chi connectivity index (χ1v) is 8.87. The first-order valence-electron chi connectivity index (χ1n) is 8.87. The van der Waals surface area contributed by atoms with Crippen molar-refractivity contribution in [2.45, 2.75) is 20.0 Å². The van der Waals surface area contributed by atoms with Gasteiger partial charge < -0.3 is 20.3 Å². The lowest BCUT2D eigenvalue weighted by Crippen LogP contribution is -2.41. The van der Waals surface area contributed by atoms with E-state index in [1.54, 1.807) is 6.07 Å². The number of carbonyl (C=O) groups is 1. The second-order valence-corrected chi connectivity index (χ2v) is 6.50. The maximum absolute atomic E-state index is 12.5. The quantitative estimate of drug-likeness (QED) is 0.627. The van der Waals surface area contributed by atoms with Crippen LogP contribution in [0.4, 0.5) is 4.79 Å². The number of aromatic nitrogens is 1. The zero-order valence-electron chi connectivity index (χ0n) is 15.2. The number of urea groups is 1. The van der Waals surface area contributed by atoms with Crippen LogP contribution in [0.15, 0.2) is 59.4 Å². The lowest BCUT2D eigenvalue weighted by Gasteiger charge is -2.22. The van der Waals surface area contributed by atoms with Gasteiger partial charge in [0.25, 0.3) is 5.56 Å². The minimum atomic E-state index is -0.323. The van der Waals surface area contributed by atoms with Gasteiger partial charge in [0.1, 0.15) is 0 Å². The Bertz CT molecular complexity index is 983. The number of aliphatic hydroxyl groups excluding tert-OH is 1. The first-order chi connectivity index (χ1) is 13.1. The number of aliphatic hydroxyl groups is 1. The van der Waals surface area contributed by atoms with Gasteiger partial charge in [-0.3, -0.25) is 4.79 Å². The number of rotatable bonds is 6. The fraction of sp³-hybridized carbons (Fsp3) is 0.238. The van der Waals surface area contributed by atoms with E-state index in [2.05, 4.69) is 10.3 Å². The highest BCUT2D eigenvalue weighted by atomic mass is 16.3. The molecule has 0 atom stereocenters. The number of H-pyrrole nitrogens is 1. The number of aromatic amines is 1. The van der Waals surface area contributed by atoms with Crippen molar-refractivity contribution < 1.29 is 9.90 Å². The van der Waals surface area contributed by atoms with Crippen LogP contribution >= 0.6 is 0 Å². The molecular weight excluding hydrogens is 342 g/mol. The van der Waals surface area contributed by atoms with Crippen LogP contribution in [0.5, 0.6) is 0 Å². The second kappa shape index (κ2) is 8.51. The normalized spacial score (nSPS) is 10.7. The summed E-state index contributed by atoms with van der Waals surface area (Å²) >= 11 is 0. The van der Waals surface area contributed by atoms with E-state index in [-0.39, 0.29) is 31.3 Å². The summed E-state index contributed by atoms with van der Waals surface area (Å²) in [5.41, 5.74) is 3.06. The maximum atomic E-state index is 12.5. The summed E-state index contributed by atoms with van der Waals surface area (Å²) in [5.74, 6) is 0. The third-order valence-electron chi connectivity index (χ3n) is 4.38. The summed E-state index contributed by atoms with van der Waals surface area (Å²) in [6.45, 7) is 2.44. The lowest BCUT2D eigenvalue weighted by atomic mass is 10.1. The van der Waals surface area contributed by atoms with Gasteiger partial charge in [0.2, 0.25) is 0 Å². The summed E-state index contributed by atoms with van der Waals surface area (Å²) < 4.78 is 0. The van der Waals surface area contributed by atoms with Gasteiger partial charge >= 0.3 is 6.03 Å². The zero-order chi connectivity index (χ0) is 19.2. The largest absolute Gasteiger partial charge is 0.395 e. The van der Waals surface area contributed by atoms with Crippen LogP contribution in [0.2, 0.25) is 0 Å². The molecule has 0 unspecified atom stereocenters. The zero-order valence-corrected chi connectivity index (χ0v) is 15.2. The fourth-order valence-corrected chi connectivity index (χ4v) is 2.94. The number of carbonyl (C=O) groups excluding carboxylic acids is 1. The number of nitrogens with zero attached hydrogens (tertiary/aromatic N) is 1. The van der Waals surface area contributed by atoms with Crippen molar-refractivity contribution in [3.8, 4) is 0 Å². The predicted octanol–water partition coefficient (Wildman–Crippen LogP) is 2.54. The van der Waals surface area contributed by atoms with Crippen molar-refractivity contribution in [2.75, 3.05) is 13.2 Å². The van der Waals surface area contributed by atoms with E-state index in [4.69, 9.17) is 0 Å². The molecule has 0 radical (unpaired) electrons. The number of benzene rings is 2. The van der Waals surface area contributed by atoms with Gasteiger partial charge in [-0.1, -0.05) is 42.5 Å². The van der Waals surface area contributed by atoms with Crippen LogP contribution in [0.3, 0.4) is 0 Å². The highest BCUT2D eigenvalue weighted by Crippen LogP contribution is 2.14. The third kappa shape index (κ3) is 4.74. The number of amides is 2. The molecule has 3 aromatic rings. The van der Waals surface area contributed by atoms with Crippen LogP contribution < -0.4 is 10.9 Å². The molecule has 0 saturated carbocycles. The van der Waals surface area contributed by atoms with Crippen molar-refractivity contribution in [2.24, 2.45) is 0 Å². The minimum absolute atomic E-state index is 0.125. The number of hydrogen-bond acceptors (Lipinski definition) is 3. The number of aryl methyl sites for hydroxylation is 1. The maximum Gasteiger partial charge on any atom is 0.318 e. The van der Waals surface area contributed by atoms with Gasteiger partial charge in [-0.25, -0.2) is 4.79 Å². The molecule has 140 valence electrons. The van der Waals surface area contributed by atoms with E-state index in [0.29, 0.717) is 12.1 Å². The van der Waals surface area contributed by atoms with Crippen LogP contribution in [0.25, 0.3) is 10.9 Å². The van der Waals surface area contributed by atoms with E-state index in [0.717, 1.165) is 22.0 Å². The highest BCUT2D eigenvalue weighted by molar-refractivity contribution is 5.80. The lowest BCUT2D eigenvalue weighted by molar-refractivity contribution is 0.173. The van der Waals surface area contributed by atoms with Crippen molar-refractivity contribution in [3.63, 3.8) is 0 Å². The summed E-state index contributed by atoms with van der Waals surface area (Å²) in [7, 11) is 0. The second-order valence-electron chi connectivity index (χ2n) is 6.50. The van der Waals surface area contributed by atoms with Crippen LogP contribution in [0, 0.1) is 6.92 Å². The van der Waals surface area contributed by atoms with Crippen LogP contribution in [0.1, 0.15) is 16.7 Å². The van der Waals surface area contributed by atoms with Gasteiger partial charge in [-0.05, 0) is 35.6 Å². The number of hydrogen-bond donors (Lipinski definition) is 3. The molecule has 1 heterocycles. The van der Waals surface area contributed by atoms with Crippen molar-refractivity contribution >= 4 is 16.9 Å². The van der Waals surface area contributed by atoms with Gasteiger partial charge in [0, 0.05) is 24.2 Å². The molecule has 0 spiro atoms. The molecule has 0 bridgehead atoms. The molecule has 0 aliphatic heterocycles. The standard InChI is InChI=1S/C21H23N3O3/c1-15-7-8-17-12-18(20(26)23-19(17)11-15)14-24(9-10-25)21(27)22-13-16-5-3-2-4-6-16/h2-8,11-12,25H,9-10,13-14H2,1H3,(H,22,27)(H,23,26).